The zero-order valence-corrected chi connectivity index (χ0v) is 19.8. The van der Waals surface area contributed by atoms with Crippen LogP contribution in [0.3, 0.4) is 0 Å². The smallest absolute Gasteiger partial charge is 0.407 e. The number of aliphatic carboxylic acids is 1. The molecule has 3 N–H and O–H groups in total. The Bertz CT molecular complexity index is 1220. The zero-order valence-electron chi connectivity index (χ0n) is 19.8. The van der Waals surface area contributed by atoms with Crippen LogP contribution in [0.15, 0.2) is 54.6 Å². The van der Waals surface area contributed by atoms with Gasteiger partial charge < -0.3 is 20.5 Å². The number of alkyl carbamates (subject to hydrolysis) is 1. The van der Waals surface area contributed by atoms with Crippen LogP contribution < -0.4 is 10.6 Å². The molecule has 0 spiro atoms. The molecule has 0 unspecified atom stereocenters. The van der Waals surface area contributed by atoms with Crippen molar-refractivity contribution >= 4 is 18.0 Å². The van der Waals surface area contributed by atoms with Gasteiger partial charge in [-0.05, 0) is 34.2 Å². The van der Waals surface area contributed by atoms with Crippen molar-refractivity contribution in [3.8, 4) is 11.1 Å². The van der Waals surface area contributed by atoms with Crippen LogP contribution in [0.2, 0.25) is 0 Å². The summed E-state index contributed by atoms with van der Waals surface area (Å²) in [4.78, 5) is 36.3. The van der Waals surface area contributed by atoms with Gasteiger partial charge >= 0.3 is 12.1 Å². The van der Waals surface area contributed by atoms with Gasteiger partial charge in [-0.1, -0.05) is 62.4 Å². The highest BCUT2D eigenvalue weighted by atomic mass is 16.5. The van der Waals surface area contributed by atoms with Gasteiger partial charge in [-0.2, -0.15) is 5.10 Å². The molecule has 0 saturated carbocycles. The summed E-state index contributed by atoms with van der Waals surface area (Å²) in [5.41, 5.74) is 5.20. The third kappa shape index (κ3) is 5.03. The Balaban J connectivity index is 1.35. The van der Waals surface area contributed by atoms with E-state index in [4.69, 9.17) is 4.74 Å². The Morgan fingerprint density at radius 3 is 2.23 bits per heavy atom. The molecular weight excluding hydrogens is 448 g/mol. The number of ether oxygens (including phenoxy) is 1. The number of amides is 2. The van der Waals surface area contributed by atoms with Crippen molar-refractivity contribution in [2.24, 2.45) is 13.0 Å². The lowest BCUT2D eigenvalue weighted by atomic mass is 9.98. The average molecular weight is 477 g/mol. The Morgan fingerprint density at radius 2 is 1.66 bits per heavy atom. The minimum absolute atomic E-state index is 0.0403. The molecule has 2 amide bonds. The summed E-state index contributed by atoms with van der Waals surface area (Å²) < 4.78 is 6.87. The summed E-state index contributed by atoms with van der Waals surface area (Å²) in [5, 5.41) is 18.7. The summed E-state index contributed by atoms with van der Waals surface area (Å²) in [6.45, 7) is 3.68. The predicted octanol–water partition coefficient (Wildman–Crippen LogP) is 3.30. The number of carboxylic acids is 1. The highest BCUT2D eigenvalue weighted by molar-refractivity contribution is 5.95. The molecule has 1 aliphatic carbocycles. The van der Waals surface area contributed by atoms with E-state index in [1.165, 1.54) is 10.7 Å². The van der Waals surface area contributed by atoms with Crippen molar-refractivity contribution in [1.82, 2.24) is 20.4 Å². The van der Waals surface area contributed by atoms with E-state index in [1.807, 2.05) is 24.3 Å². The number of carbonyl (C=O) groups excluding carboxylic acids is 2. The molecule has 0 bridgehead atoms. The highest BCUT2D eigenvalue weighted by Gasteiger charge is 2.29. The largest absolute Gasteiger partial charge is 0.480 e. The summed E-state index contributed by atoms with van der Waals surface area (Å²) in [6, 6.07) is 16.7. The monoisotopic (exact) mass is 476 g/mol. The van der Waals surface area contributed by atoms with Crippen LogP contribution in [0.1, 0.15) is 47.1 Å². The number of carbonyl (C=O) groups is 3. The van der Waals surface area contributed by atoms with Gasteiger partial charge in [0.1, 0.15) is 18.3 Å². The van der Waals surface area contributed by atoms with E-state index in [0.29, 0.717) is 5.69 Å². The van der Waals surface area contributed by atoms with Gasteiger partial charge in [-0.25, -0.2) is 9.59 Å². The van der Waals surface area contributed by atoms with Crippen molar-refractivity contribution in [2.45, 2.75) is 32.4 Å². The first kappa shape index (κ1) is 24.0. The number of hydrogen-bond acceptors (Lipinski definition) is 5. The number of fused-ring (bicyclic) bond motifs is 3. The van der Waals surface area contributed by atoms with Crippen LogP contribution in [-0.2, 0) is 23.1 Å². The van der Waals surface area contributed by atoms with Crippen LogP contribution in [0.25, 0.3) is 11.1 Å². The summed E-state index contributed by atoms with van der Waals surface area (Å²) >= 11 is 0. The number of carboxylic acid groups (broad SMARTS) is 1. The summed E-state index contributed by atoms with van der Waals surface area (Å²) in [5.74, 6) is -1.97. The molecule has 1 aliphatic rings. The van der Waals surface area contributed by atoms with Gasteiger partial charge in [-0.3, -0.25) is 9.48 Å². The number of aromatic nitrogens is 2. The van der Waals surface area contributed by atoms with E-state index in [-0.39, 0.29) is 30.7 Å². The second-order valence-electron chi connectivity index (χ2n) is 8.86. The molecule has 9 heteroatoms. The number of aryl methyl sites for hydroxylation is 1. The maximum absolute atomic E-state index is 12.5. The molecule has 4 rings (SSSR count). The third-order valence-electron chi connectivity index (χ3n) is 6.14. The highest BCUT2D eigenvalue weighted by Crippen LogP contribution is 2.44. The van der Waals surface area contributed by atoms with Crippen LogP contribution in [0.5, 0.6) is 0 Å². The fraction of sp³-hybridized carbons (Fsp3) is 0.308. The van der Waals surface area contributed by atoms with Gasteiger partial charge in [0.15, 0.2) is 0 Å². The van der Waals surface area contributed by atoms with Gasteiger partial charge in [0, 0.05) is 13.0 Å². The van der Waals surface area contributed by atoms with Crippen LogP contribution in [0.4, 0.5) is 4.79 Å². The summed E-state index contributed by atoms with van der Waals surface area (Å²) in [6.07, 6.45) is -0.589. The molecule has 0 saturated heterocycles. The van der Waals surface area contributed by atoms with Gasteiger partial charge in [0.05, 0.1) is 12.2 Å². The van der Waals surface area contributed by atoms with E-state index < -0.39 is 24.0 Å². The third-order valence-corrected chi connectivity index (χ3v) is 6.14. The number of benzene rings is 2. The molecular formula is C26H28N4O5. The van der Waals surface area contributed by atoms with Crippen molar-refractivity contribution in [3.63, 3.8) is 0 Å². The van der Waals surface area contributed by atoms with E-state index in [2.05, 4.69) is 40.0 Å². The minimum Gasteiger partial charge on any atom is -0.480 e. The fourth-order valence-electron chi connectivity index (χ4n) is 4.37. The fourth-order valence-corrected chi connectivity index (χ4v) is 4.37. The van der Waals surface area contributed by atoms with Crippen molar-refractivity contribution in [1.29, 1.82) is 0 Å². The van der Waals surface area contributed by atoms with E-state index in [9.17, 15) is 19.5 Å². The topological polar surface area (TPSA) is 123 Å². The van der Waals surface area contributed by atoms with Crippen LogP contribution in [0, 0.1) is 5.92 Å². The quantitative estimate of drug-likeness (QED) is 0.459. The molecule has 1 atom stereocenters. The molecule has 9 nitrogen and oxygen atoms in total. The lowest BCUT2D eigenvalue weighted by molar-refractivity contribution is -0.140. The van der Waals surface area contributed by atoms with E-state index in [0.717, 1.165) is 22.3 Å². The summed E-state index contributed by atoms with van der Waals surface area (Å²) in [7, 11) is 1.58. The molecule has 0 radical (unpaired) electrons. The van der Waals surface area contributed by atoms with E-state index in [1.54, 1.807) is 20.9 Å². The first-order valence-corrected chi connectivity index (χ1v) is 11.4. The normalized spacial score (nSPS) is 13.1. The molecule has 0 fully saturated rings. The second-order valence-corrected chi connectivity index (χ2v) is 8.86. The Morgan fingerprint density at radius 1 is 1.06 bits per heavy atom. The van der Waals surface area contributed by atoms with Crippen LogP contribution in [-0.4, -0.2) is 45.5 Å². The number of nitrogens with one attached hydrogen (secondary N) is 2. The number of hydrogen-bond donors (Lipinski definition) is 3. The molecule has 182 valence electrons. The predicted molar refractivity (Wildman–Crippen MR) is 129 cm³/mol. The molecule has 1 heterocycles. The van der Waals surface area contributed by atoms with Gasteiger partial charge in [-0.15, -0.1) is 0 Å². The van der Waals surface area contributed by atoms with Gasteiger partial charge in [0.25, 0.3) is 5.91 Å². The van der Waals surface area contributed by atoms with Crippen molar-refractivity contribution in [2.75, 3.05) is 6.61 Å². The Kier molecular flexibility index (Phi) is 6.86. The molecule has 2 aromatic carbocycles. The lowest BCUT2D eigenvalue weighted by Gasteiger charge is -2.17. The molecule has 35 heavy (non-hydrogen) atoms. The standard InChI is InChI=1S/C26H28N4O5/c1-15(2)23(25(32)33)28-24(31)22-12-16(29-30(22)3)13-27-26(34)35-14-21-19-10-6-4-8-17(19)18-9-5-7-11-20(18)21/h4-12,15,21,23H,13-14H2,1-3H3,(H,27,34)(H,28,31)(H,32,33)/t23-/m0/s1. The SMILES string of the molecule is CC(C)[C@H](NC(=O)c1cc(CNC(=O)OCC2c3ccccc3-c3ccccc32)nn1C)C(=O)O. The lowest BCUT2D eigenvalue weighted by Crippen LogP contribution is -2.44. The van der Waals surface area contributed by atoms with Crippen molar-refractivity contribution < 1.29 is 24.2 Å². The maximum atomic E-state index is 12.5. The Labute approximate surface area is 203 Å². The first-order valence-electron chi connectivity index (χ1n) is 11.4. The first-order chi connectivity index (χ1) is 16.8. The number of nitrogens with zero attached hydrogens (tertiary/aromatic N) is 2. The van der Waals surface area contributed by atoms with Crippen LogP contribution >= 0.6 is 0 Å². The van der Waals surface area contributed by atoms with Gasteiger partial charge in [0.2, 0.25) is 0 Å². The van der Waals surface area contributed by atoms with Crippen molar-refractivity contribution in [3.05, 3.63) is 77.1 Å². The Hall–Kier alpha value is -4.14. The molecule has 1 aromatic heterocycles. The van der Waals surface area contributed by atoms with E-state index >= 15 is 0 Å². The zero-order chi connectivity index (χ0) is 25.1. The maximum Gasteiger partial charge on any atom is 0.407 e. The second kappa shape index (κ2) is 10.0. The number of rotatable bonds is 8. The molecule has 0 aliphatic heterocycles. The minimum atomic E-state index is -1.10. The molecule has 3 aromatic rings. The average Bonchev–Trinajstić information content (AvgIpc) is 3.37.